The van der Waals surface area contributed by atoms with Gasteiger partial charge in [0.2, 0.25) is 0 Å². The minimum Gasteiger partial charge on any atom is -0.496 e. The average molecular weight is 267 g/mol. The molecule has 0 atom stereocenters. The van der Waals surface area contributed by atoms with Crippen LogP contribution in [0.2, 0.25) is 0 Å². The van der Waals surface area contributed by atoms with Gasteiger partial charge in [-0.05, 0) is 25.9 Å². The average Bonchev–Trinajstić information content (AvgIpc) is 2.45. The van der Waals surface area contributed by atoms with Crippen molar-refractivity contribution in [1.82, 2.24) is 5.32 Å². The molecule has 106 valence electrons. The molecule has 0 aromatic heterocycles. The summed E-state index contributed by atoms with van der Waals surface area (Å²) in [5.74, 6) is 1.99. The fourth-order valence-corrected chi connectivity index (χ4v) is 2.12. The van der Waals surface area contributed by atoms with E-state index in [2.05, 4.69) is 5.32 Å². The molecule has 5 nitrogen and oxygen atoms in total. The number of hydrogen-bond donors (Lipinski definition) is 2. The van der Waals surface area contributed by atoms with Crippen molar-refractivity contribution in [2.75, 3.05) is 33.9 Å². The second kappa shape index (κ2) is 6.12. The third-order valence-corrected chi connectivity index (χ3v) is 3.37. The van der Waals surface area contributed by atoms with Crippen molar-refractivity contribution in [3.05, 3.63) is 18.2 Å². The number of hydrogen-bond acceptors (Lipinski definition) is 5. The van der Waals surface area contributed by atoms with Gasteiger partial charge in [0, 0.05) is 18.2 Å². The van der Waals surface area contributed by atoms with Gasteiger partial charge in [-0.25, -0.2) is 0 Å². The van der Waals surface area contributed by atoms with Crippen LogP contribution in [-0.4, -0.2) is 44.6 Å². The molecule has 0 unspecified atom stereocenters. The lowest BCUT2D eigenvalue weighted by molar-refractivity contribution is -0.0286. The lowest BCUT2D eigenvalue weighted by Gasteiger charge is -2.32. The summed E-state index contributed by atoms with van der Waals surface area (Å²) >= 11 is 0. The first kappa shape index (κ1) is 14.0. The fraction of sp³-hybridized carbons (Fsp3) is 0.571. The van der Waals surface area contributed by atoms with Gasteiger partial charge in [0.05, 0.1) is 14.2 Å². The molecule has 0 bridgehead atoms. The van der Waals surface area contributed by atoms with E-state index in [0.717, 1.165) is 13.1 Å². The number of methoxy groups -OCH3 is 2. The van der Waals surface area contributed by atoms with Crippen LogP contribution in [0.5, 0.6) is 17.2 Å². The van der Waals surface area contributed by atoms with Gasteiger partial charge in [-0.15, -0.1) is 0 Å². The van der Waals surface area contributed by atoms with Crippen molar-refractivity contribution >= 4 is 0 Å². The lowest BCUT2D eigenvalue weighted by Crippen LogP contribution is -2.45. The van der Waals surface area contributed by atoms with Crippen molar-refractivity contribution in [3.63, 3.8) is 0 Å². The zero-order valence-corrected chi connectivity index (χ0v) is 11.4. The van der Waals surface area contributed by atoms with Crippen LogP contribution in [0.1, 0.15) is 12.8 Å². The molecule has 0 saturated carbocycles. The summed E-state index contributed by atoms with van der Waals surface area (Å²) in [6, 6.07) is 5.35. The molecule has 19 heavy (non-hydrogen) atoms. The summed E-state index contributed by atoms with van der Waals surface area (Å²) < 4.78 is 16.1. The Labute approximate surface area is 113 Å². The molecule has 0 spiro atoms. The number of ether oxygens (including phenoxy) is 3. The maximum Gasteiger partial charge on any atom is 0.126 e. The molecular formula is C14H21NO4. The normalized spacial score (nSPS) is 17.8. The molecule has 1 fully saturated rings. The van der Waals surface area contributed by atoms with Crippen molar-refractivity contribution in [2.45, 2.75) is 18.4 Å². The van der Waals surface area contributed by atoms with Crippen LogP contribution in [0.4, 0.5) is 0 Å². The first-order valence-electron chi connectivity index (χ1n) is 6.44. The molecule has 1 aliphatic rings. The predicted octanol–water partition coefficient (Wildman–Crippen LogP) is 1.20. The smallest absolute Gasteiger partial charge is 0.126 e. The minimum absolute atomic E-state index is 0.283. The Morgan fingerprint density at radius 1 is 1.05 bits per heavy atom. The maximum atomic E-state index is 10.4. The SMILES string of the molecule is COc1cc(OC)cc(OCC2(O)CCNCC2)c1. The lowest BCUT2D eigenvalue weighted by atomic mass is 9.93. The molecule has 0 aliphatic carbocycles. The van der Waals surface area contributed by atoms with Gasteiger partial charge in [0.25, 0.3) is 0 Å². The van der Waals surface area contributed by atoms with E-state index in [9.17, 15) is 5.11 Å². The quantitative estimate of drug-likeness (QED) is 0.839. The Bertz CT molecular complexity index is 394. The number of rotatable bonds is 5. The molecule has 1 heterocycles. The summed E-state index contributed by atoms with van der Waals surface area (Å²) in [6.45, 7) is 1.92. The second-order valence-electron chi connectivity index (χ2n) is 4.81. The van der Waals surface area contributed by atoms with Gasteiger partial charge in [0.15, 0.2) is 0 Å². The van der Waals surface area contributed by atoms with Gasteiger partial charge in [-0.3, -0.25) is 0 Å². The Kier molecular flexibility index (Phi) is 4.50. The largest absolute Gasteiger partial charge is 0.496 e. The third kappa shape index (κ3) is 3.75. The van der Waals surface area contributed by atoms with Crippen LogP contribution < -0.4 is 19.5 Å². The van der Waals surface area contributed by atoms with Crippen LogP contribution in [0, 0.1) is 0 Å². The standard InChI is InChI=1S/C14H21NO4/c1-17-11-7-12(18-2)9-13(8-11)19-10-14(16)3-5-15-6-4-14/h7-9,15-16H,3-6,10H2,1-2H3. The highest BCUT2D eigenvalue weighted by Gasteiger charge is 2.30. The summed E-state index contributed by atoms with van der Waals surface area (Å²) in [7, 11) is 3.19. The maximum absolute atomic E-state index is 10.4. The molecule has 2 N–H and O–H groups in total. The van der Waals surface area contributed by atoms with Crippen molar-refractivity contribution in [3.8, 4) is 17.2 Å². The molecule has 1 aromatic rings. The molecule has 5 heteroatoms. The molecule has 0 radical (unpaired) electrons. The summed E-state index contributed by atoms with van der Waals surface area (Å²) in [5, 5.41) is 13.6. The van der Waals surface area contributed by atoms with Gasteiger partial charge < -0.3 is 24.6 Å². The number of aliphatic hydroxyl groups is 1. The van der Waals surface area contributed by atoms with Crippen molar-refractivity contribution < 1.29 is 19.3 Å². The Balaban J connectivity index is 2.02. The summed E-state index contributed by atoms with van der Waals surface area (Å²) in [6.07, 6.45) is 1.40. The summed E-state index contributed by atoms with van der Waals surface area (Å²) in [4.78, 5) is 0. The van der Waals surface area contributed by atoms with Crippen LogP contribution in [-0.2, 0) is 0 Å². The first-order chi connectivity index (χ1) is 9.15. The van der Waals surface area contributed by atoms with E-state index in [4.69, 9.17) is 14.2 Å². The fourth-order valence-electron chi connectivity index (χ4n) is 2.12. The molecule has 1 saturated heterocycles. The second-order valence-corrected chi connectivity index (χ2v) is 4.81. The summed E-state index contributed by atoms with van der Waals surface area (Å²) in [5.41, 5.74) is -0.748. The zero-order chi connectivity index (χ0) is 13.7. The van der Waals surface area contributed by atoms with Crippen molar-refractivity contribution in [2.24, 2.45) is 0 Å². The third-order valence-electron chi connectivity index (χ3n) is 3.37. The van der Waals surface area contributed by atoms with Crippen LogP contribution >= 0.6 is 0 Å². The minimum atomic E-state index is -0.748. The van der Waals surface area contributed by atoms with Crippen LogP contribution in [0.15, 0.2) is 18.2 Å². The van der Waals surface area contributed by atoms with E-state index in [1.165, 1.54) is 0 Å². The Morgan fingerprint density at radius 2 is 1.58 bits per heavy atom. The Hall–Kier alpha value is -1.46. The topological polar surface area (TPSA) is 60.0 Å². The highest BCUT2D eigenvalue weighted by atomic mass is 16.5. The zero-order valence-electron chi connectivity index (χ0n) is 11.4. The highest BCUT2D eigenvalue weighted by Crippen LogP contribution is 2.28. The molecule has 1 aliphatic heterocycles. The Morgan fingerprint density at radius 3 is 2.11 bits per heavy atom. The first-order valence-corrected chi connectivity index (χ1v) is 6.44. The number of benzene rings is 1. The number of piperidine rings is 1. The van der Waals surface area contributed by atoms with E-state index in [1.54, 1.807) is 32.4 Å². The van der Waals surface area contributed by atoms with Crippen LogP contribution in [0.3, 0.4) is 0 Å². The van der Waals surface area contributed by atoms with Crippen LogP contribution in [0.25, 0.3) is 0 Å². The van der Waals surface area contributed by atoms with Gasteiger partial charge in [-0.2, -0.15) is 0 Å². The molecule has 0 amide bonds. The van der Waals surface area contributed by atoms with Gasteiger partial charge in [0.1, 0.15) is 29.5 Å². The van der Waals surface area contributed by atoms with E-state index in [-0.39, 0.29) is 6.61 Å². The van der Waals surface area contributed by atoms with Gasteiger partial charge >= 0.3 is 0 Å². The van der Waals surface area contributed by atoms with Crippen molar-refractivity contribution in [1.29, 1.82) is 0 Å². The van der Waals surface area contributed by atoms with Gasteiger partial charge in [-0.1, -0.05) is 0 Å². The predicted molar refractivity (Wildman–Crippen MR) is 72.1 cm³/mol. The molecular weight excluding hydrogens is 246 g/mol. The van der Waals surface area contributed by atoms with E-state index in [1.807, 2.05) is 0 Å². The molecule has 2 rings (SSSR count). The number of nitrogens with one attached hydrogen (secondary N) is 1. The highest BCUT2D eigenvalue weighted by molar-refractivity contribution is 5.42. The van der Waals surface area contributed by atoms with E-state index < -0.39 is 5.60 Å². The molecule has 1 aromatic carbocycles. The van der Waals surface area contributed by atoms with E-state index >= 15 is 0 Å². The monoisotopic (exact) mass is 267 g/mol. The van der Waals surface area contributed by atoms with E-state index in [0.29, 0.717) is 30.1 Å².